The highest BCUT2D eigenvalue weighted by Crippen LogP contribution is 2.20. The van der Waals surface area contributed by atoms with Crippen molar-refractivity contribution >= 4 is 5.91 Å². The standard InChI is InChI=1S/C13H26N2O2/c1-10-7-14-8-11(10)12(16)15-9-13(2,3)5-6-17-4/h10-11,14H,5-9H2,1-4H3,(H,15,16)/t10-,11-/m1/s1. The third-order valence-corrected chi connectivity index (χ3v) is 3.58. The monoisotopic (exact) mass is 242 g/mol. The van der Waals surface area contributed by atoms with Crippen LogP contribution in [0.1, 0.15) is 27.2 Å². The van der Waals surface area contributed by atoms with Crippen molar-refractivity contribution in [2.45, 2.75) is 27.2 Å². The molecule has 0 aromatic heterocycles. The Kier molecular flexibility index (Phi) is 5.40. The molecule has 0 unspecified atom stereocenters. The van der Waals surface area contributed by atoms with Crippen LogP contribution in [0.25, 0.3) is 0 Å². The van der Waals surface area contributed by atoms with E-state index in [-0.39, 0.29) is 17.2 Å². The predicted octanol–water partition coefficient (Wildman–Crippen LogP) is 1.02. The van der Waals surface area contributed by atoms with Crippen molar-refractivity contribution < 1.29 is 9.53 Å². The van der Waals surface area contributed by atoms with E-state index in [0.29, 0.717) is 5.92 Å². The van der Waals surface area contributed by atoms with Crippen molar-refractivity contribution in [3.8, 4) is 0 Å². The SMILES string of the molecule is COCCC(C)(C)CNC(=O)[C@@H]1CNC[C@H]1C. The average molecular weight is 242 g/mol. The maximum absolute atomic E-state index is 12.0. The van der Waals surface area contributed by atoms with E-state index in [1.54, 1.807) is 7.11 Å². The molecule has 1 rings (SSSR count). The number of rotatable bonds is 6. The minimum atomic E-state index is 0.0982. The molecule has 4 heteroatoms. The third-order valence-electron chi connectivity index (χ3n) is 3.58. The molecule has 1 saturated heterocycles. The smallest absolute Gasteiger partial charge is 0.224 e. The lowest BCUT2D eigenvalue weighted by molar-refractivity contribution is -0.125. The fourth-order valence-corrected chi connectivity index (χ4v) is 2.09. The molecule has 2 atom stereocenters. The summed E-state index contributed by atoms with van der Waals surface area (Å²) in [5.41, 5.74) is 0.0982. The first-order chi connectivity index (χ1) is 7.96. The zero-order valence-corrected chi connectivity index (χ0v) is 11.5. The van der Waals surface area contributed by atoms with Crippen molar-refractivity contribution in [1.29, 1.82) is 0 Å². The third kappa shape index (κ3) is 4.64. The van der Waals surface area contributed by atoms with E-state index in [2.05, 4.69) is 31.4 Å². The van der Waals surface area contributed by atoms with Gasteiger partial charge in [-0.2, -0.15) is 0 Å². The Morgan fingerprint density at radius 1 is 1.47 bits per heavy atom. The Labute approximate surface area is 104 Å². The molecule has 0 bridgehead atoms. The molecular weight excluding hydrogens is 216 g/mol. The quantitative estimate of drug-likeness (QED) is 0.731. The number of hydrogen-bond donors (Lipinski definition) is 2. The van der Waals surface area contributed by atoms with Gasteiger partial charge in [-0.1, -0.05) is 20.8 Å². The van der Waals surface area contributed by atoms with Crippen LogP contribution in [0.15, 0.2) is 0 Å². The maximum atomic E-state index is 12.0. The molecule has 1 aliphatic heterocycles. The van der Waals surface area contributed by atoms with Gasteiger partial charge in [0.25, 0.3) is 0 Å². The largest absolute Gasteiger partial charge is 0.385 e. The van der Waals surface area contributed by atoms with Gasteiger partial charge < -0.3 is 15.4 Å². The van der Waals surface area contributed by atoms with E-state index in [1.165, 1.54) is 0 Å². The summed E-state index contributed by atoms with van der Waals surface area (Å²) < 4.78 is 5.08. The van der Waals surface area contributed by atoms with Crippen LogP contribution in [0, 0.1) is 17.3 Å². The number of amides is 1. The fraction of sp³-hybridized carbons (Fsp3) is 0.923. The van der Waals surface area contributed by atoms with Gasteiger partial charge >= 0.3 is 0 Å². The van der Waals surface area contributed by atoms with Crippen molar-refractivity contribution in [3.63, 3.8) is 0 Å². The van der Waals surface area contributed by atoms with Crippen LogP contribution in [0.2, 0.25) is 0 Å². The highest BCUT2D eigenvalue weighted by atomic mass is 16.5. The molecule has 1 aliphatic rings. The van der Waals surface area contributed by atoms with Crippen LogP contribution in [-0.4, -0.2) is 39.3 Å². The summed E-state index contributed by atoms with van der Waals surface area (Å²) in [5, 5.41) is 6.32. The molecule has 0 aromatic carbocycles. The van der Waals surface area contributed by atoms with Gasteiger partial charge in [0.05, 0.1) is 5.92 Å². The Morgan fingerprint density at radius 2 is 2.18 bits per heavy atom. The first-order valence-electron chi connectivity index (χ1n) is 6.43. The molecule has 0 aliphatic carbocycles. The molecule has 0 radical (unpaired) electrons. The average Bonchev–Trinajstić information content (AvgIpc) is 2.70. The Morgan fingerprint density at radius 3 is 2.71 bits per heavy atom. The summed E-state index contributed by atoms with van der Waals surface area (Å²) in [6.45, 7) is 9.66. The lowest BCUT2D eigenvalue weighted by Gasteiger charge is -2.26. The summed E-state index contributed by atoms with van der Waals surface area (Å²) in [5.74, 6) is 0.762. The van der Waals surface area contributed by atoms with E-state index in [0.717, 1.165) is 32.7 Å². The van der Waals surface area contributed by atoms with Crippen molar-refractivity contribution in [2.75, 3.05) is 33.4 Å². The predicted molar refractivity (Wildman–Crippen MR) is 68.8 cm³/mol. The lowest BCUT2D eigenvalue weighted by atomic mass is 9.89. The Bertz CT molecular complexity index is 254. The molecule has 1 fully saturated rings. The normalized spacial score (nSPS) is 24.9. The van der Waals surface area contributed by atoms with E-state index < -0.39 is 0 Å². The molecule has 0 spiro atoms. The minimum Gasteiger partial charge on any atom is -0.385 e. The van der Waals surface area contributed by atoms with E-state index in [1.807, 2.05) is 0 Å². The van der Waals surface area contributed by atoms with E-state index >= 15 is 0 Å². The second-order valence-corrected chi connectivity index (χ2v) is 5.87. The molecule has 1 amide bonds. The molecule has 4 nitrogen and oxygen atoms in total. The fourth-order valence-electron chi connectivity index (χ4n) is 2.09. The summed E-state index contributed by atoms with van der Waals surface area (Å²) >= 11 is 0. The molecule has 2 N–H and O–H groups in total. The summed E-state index contributed by atoms with van der Waals surface area (Å²) in [6, 6.07) is 0. The maximum Gasteiger partial charge on any atom is 0.224 e. The summed E-state index contributed by atoms with van der Waals surface area (Å²) in [6.07, 6.45) is 0.961. The van der Waals surface area contributed by atoms with Crippen LogP contribution in [0.5, 0.6) is 0 Å². The number of carbonyl (C=O) groups excluding carboxylic acids is 1. The number of ether oxygens (including phenoxy) is 1. The number of methoxy groups -OCH3 is 1. The van der Waals surface area contributed by atoms with Gasteiger partial charge in [0, 0.05) is 26.8 Å². The van der Waals surface area contributed by atoms with Gasteiger partial charge in [0.2, 0.25) is 5.91 Å². The molecule has 0 saturated carbocycles. The zero-order chi connectivity index (χ0) is 12.9. The Hall–Kier alpha value is -0.610. The van der Waals surface area contributed by atoms with Crippen LogP contribution in [0.3, 0.4) is 0 Å². The molecule has 17 heavy (non-hydrogen) atoms. The van der Waals surface area contributed by atoms with Gasteiger partial charge in [-0.3, -0.25) is 4.79 Å². The van der Waals surface area contributed by atoms with Crippen LogP contribution in [0.4, 0.5) is 0 Å². The number of nitrogens with one attached hydrogen (secondary N) is 2. The highest BCUT2D eigenvalue weighted by molar-refractivity contribution is 5.79. The Balaban J connectivity index is 2.31. The lowest BCUT2D eigenvalue weighted by Crippen LogP contribution is -2.40. The molecule has 1 heterocycles. The second kappa shape index (κ2) is 6.36. The van der Waals surface area contributed by atoms with E-state index in [9.17, 15) is 4.79 Å². The molecule has 0 aromatic rings. The van der Waals surface area contributed by atoms with E-state index in [4.69, 9.17) is 4.74 Å². The molecular formula is C13H26N2O2. The van der Waals surface area contributed by atoms with Gasteiger partial charge in [0.15, 0.2) is 0 Å². The highest BCUT2D eigenvalue weighted by Gasteiger charge is 2.30. The number of hydrogen-bond acceptors (Lipinski definition) is 3. The topological polar surface area (TPSA) is 50.4 Å². The van der Waals surface area contributed by atoms with Crippen LogP contribution >= 0.6 is 0 Å². The minimum absolute atomic E-state index is 0.0982. The summed E-state index contributed by atoms with van der Waals surface area (Å²) in [4.78, 5) is 12.0. The van der Waals surface area contributed by atoms with Crippen LogP contribution < -0.4 is 10.6 Å². The van der Waals surface area contributed by atoms with Gasteiger partial charge in [-0.15, -0.1) is 0 Å². The first-order valence-corrected chi connectivity index (χ1v) is 6.43. The van der Waals surface area contributed by atoms with Gasteiger partial charge in [-0.05, 0) is 24.3 Å². The second-order valence-electron chi connectivity index (χ2n) is 5.87. The van der Waals surface area contributed by atoms with Gasteiger partial charge in [0.1, 0.15) is 0 Å². The first kappa shape index (κ1) is 14.5. The van der Waals surface area contributed by atoms with Gasteiger partial charge in [-0.25, -0.2) is 0 Å². The van der Waals surface area contributed by atoms with Crippen molar-refractivity contribution in [3.05, 3.63) is 0 Å². The molecule has 100 valence electrons. The summed E-state index contributed by atoms with van der Waals surface area (Å²) in [7, 11) is 1.71. The van der Waals surface area contributed by atoms with Crippen LogP contribution in [-0.2, 0) is 9.53 Å². The number of carbonyl (C=O) groups is 1. The van der Waals surface area contributed by atoms with Crippen molar-refractivity contribution in [1.82, 2.24) is 10.6 Å². The van der Waals surface area contributed by atoms with Crippen molar-refractivity contribution in [2.24, 2.45) is 17.3 Å². The zero-order valence-electron chi connectivity index (χ0n) is 11.5.